The lowest BCUT2D eigenvalue weighted by molar-refractivity contribution is 0.281. The Morgan fingerprint density at radius 1 is 1.40 bits per heavy atom. The number of sulfonamides is 1. The van der Waals surface area contributed by atoms with Crippen molar-refractivity contribution in [1.82, 2.24) is 4.72 Å². The minimum Gasteiger partial charge on any atom is -0.392 e. The lowest BCUT2D eigenvalue weighted by Gasteiger charge is -2.21. The molecule has 1 fully saturated rings. The largest absolute Gasteiger partial charge is 0.392 e. The molecule has 0 saturated carbocycles. The maximum atomic E-state index is 12.2. The summed E-state index contributed by atoms with van der Waals surface area (Å²) in [7, 11) is -3.54. The fourth-order valence-electron chi connectivity index (χ4n) is 2.09. The van der Waals surface area contributed by atoms with E-state index in [4.69, 9.17) is 16.7 Å². The van der Waals surface area contributed by atoms with Crippen LogP contribution >= 0.6 is 23.4 Å². The molecule has 1 atom stereocenters. The third-order valence-electron chi connectivity index (χ3n) is 3.27. The molecule has 1 aliphatic heterocycles. The number of nitrogens with one attached hydrogen (secondary N) is 1. The van der Waals surface area contributed by atoms with Gasteiger partial charge in [0.05, 0.1) is 11.5 Å². The minimum absolute atomic E-state index is 0.145. The Morgan fingerprint density at radius 2 is 2.20 bits per heavy atom. The van der Waals surface area contributed by atoms with E-state index in [1.54, 1.807) is 0 Å². The summed E-state index contributed by atoms with van der Waals surface area (Å²) in [6.45, 7) is 0.171. The molecule has 0 aromatic heterocycles. The zero-order valence-electron chi connectivity index (χ0n) is 11.0. The molecule has 2 rings (SSSR count). The Bertz CT molecular complexity index is 557. The third kappa shape index (κ3) is 4.11. The van der Waals surface area contributed by atoms with Crippen molar-refractivity contribution in [2.45, 2.75) is 36.0 Å². The molecule has 7 heteroatoms. The second-order valence-electron chi connectivity index (χ2n) is 4.75. The molecule has 0 aliphatic carbocycles. The first kappa shape index (κ1) is 16.1. The fourth-order valence-corrected chi connectivity index (χ4v) is 4.75. The smallest absolute Gasteiger partial charge is 0.240 e. The van der Waals surface area contributed by atoms with Gasteiger partial charge in [-0.05, 0) is 42.4 Å². The Morgan fingerprint density at radius 3 is 2.85 bits per heavy atom. The first-order valence-electron chi connectivity index (χ1n) is 6.53. The van der Waals surface area contributed by atoms with Crippen LogP contribution in [0.4, 0.5) is 0 Å². The van der Waals surface area contributed by atoms with Crippen molar-refractivity contribution in [3.8, 4) is 0 Å². The molecule has 0 radical (unpaired) electrons. The number of aliphatic hydroxyl groups is 1. The van der Waals surface area contributed by atoms with Crippen molar-refractivity contribution in [2.75, 3.05) is 12.3 Å². The lowest BCUT2D eigenvalue weighted by atomic mass is 10.2. The summed E-state index contributed by atoms with van der Waals surface area (Å²) < 4.78 is 27.1. The molecule has 2 N–H and O–H groups in total. The van der Waals surface area contributed by atoms with Crippen LogP contribution in [-0.4, -0.2) is 31.1 Å². The number of halogens is 1. The number of aliphatic hydroxyl groups excluding tert-OH is 1. The van der Waals surface area contributed by atoms with Gasteiger partial charge in [0, 0.05) is 16.8 Å². The molecule has 0 amide bonds. The molecular formula is C13H18ClNO3S2. The molecule has 1 unspecified atom stereocenters. The molecule has 4 nitrogen and oxygen atoms in total. The van der Waals surface area contributed by atoms with Gasteiger partial charge in [-0.2, -0.15) is 11.8 Å². The molecule has 1 aliphatic rings. The van der Waals surface area contributed by atoms with Crippen LogP contribution in [0.2, 0.25) is 5.02 Å². The summed E-state index contributed by atoms with van der Waals surface area (Å²) in [6, 6.07) is 4.37. The Labute approximate surface area is 129 Å². The summed E-state index contributed by atoms with van der Waals surface area (Å²) in [6.07, 6.45) is 3.43. The first-order chi connectivity index (χ1) is 9.53. The summed E-state index contributed by atoms with van der Waals surface area (Å²) in [5.41, 5.74) is 0.418. The molecule has 1 heterocycles. The molecule has 20 heavy (non-hydrogen) atoms. The van der Waals surface area contributed by atoms with Gasteiger partial charge in [0.2, 0.25) is 10.0 Å². The van der Waals surface area contributed by atoms with Crippen LogP contribution in [0.15, 0.2) is 23.1 Å². The van der Waals surface area contributed by atoms with E-state index in [0.717, 1.165) is 18.6 Å². The maximum absolute atomic E-state index is 12.2. The molecule has 0 spiro atoms. The normalized spacial score (nSPS) is 20.0. The van der Waals surface area contributed by atoms with Crippen LogP contribution in [0.5, 0.6) is 0 Å². The van der Waals surface area contributed by atoms with Gasteiger partial charge in [0.1, 0.15) is 0 Å². The van der Waals surface area contributed by atoms with E-state index in [0.29, 0.717) is 22.4 Å². The summed E-state index contributed by atoms with van der Waals surface area (Å²) in [5.74, 6) is 1.10. The highest BCUT2D eigenvalue weighted by molar-refractivity contribution is 8.00. The summed E-state index contributed by atoms with van der Waals surface area (Å²) in [4.78, 5) is 0.145. The molecule has 1 aromatic rings. The van der Waals surface area contributed by atoms with E-state index in [9.17, 15) is 8.42 Å². The molecular weight excluding hydrogens is 318 g/mol. The standard InChI is InChI=1S/C13H18ClNO3S2/c14-13-5-4-12(7-10(13)9-16)20(17,18)15-8-11-3-1-2-6-19-11/h4-5,7,11,15-16H,1-3,6,8-9H2. The predicted molar refractivity (Wildman–Crippen MR) is 82.7 cm³/mol. The maximum Gasteiger partial charge on any atom is 0.240 e. The van der Waals surface area contributed by atoms with Crippen molar-refractivity contribution in [3.63, 3.8) is 0 Å². The van der Waals surface area contributed by atoms with Gasteiger partial charge in [-0.25, -0.2) is 13.1 Å². The van der Waals surface area contributed by atoms with Crippen molar-refractivity contribution < 1.29 is 13.5 Å². The lowest BCUT2D eigenvalue weighted by Crippen LogP contribution is -2.32. The highest BCUT2D eigenvalue weighted by Crippen LogP contribution is 2.25. The molecule has 112 valence electrons. The SMILES string of the molecule is O=S(=O)(NCC1CCCCS1)c1ccc(Cl)c(CO)c1. The van der Waals surface area contributed by atoms with Crippen LogP contribution in [0.25, 0.3) is 0 Å². The van der Waals surface area contributed by atoms with Crippen molar-refractivity contribution >= 4 is 33.4 Å². The third-order valence-corrected chi connectivity index (χ3v) is 6.46. The second-order valence-corrected chi connectivity index (χ2v) is 8.33. The highest BCUT2D eigenvalue weighted by atomic mass is 35.5. The quantitative estimate of drug-likeness (QED) is 0.867. The van der Waals surface area contributed by atoms with E-state index >= 15 is 0 Å². The molecule has 1 aromatic carbocycles. The van der Waals surface area contributed by atoms with E-state index in [2.05, 4.69) is 4.72 Å². The van der Waals surface area contributed by atoms with Crippen molar-refractivity contribution in [2.24, 2.45) is 0 Å². The average molecular weight is 336 g/mol. The van der Waals surface area contributed by atoms with Gasteiger partial charge in [-0.3, -0.25) is 0 Å². The van der Waals surface area contributed by atoms with Gasteiger partial charge in [-0.1, -0.05) is 18.0 Å². The minimum atomic E-state index is -3.54. The van der Waals surface area contributed by atoms with Gasteiger partial charge in [0.15, 0.2) is 0 Å². The van der Waals surface area contributed by atoms with Gasteiger partial charge in [0.25, 0.3) is 0 Å². The van der Waals surface area contributed by atoms with Crippen LogP contribution in [0.1, 0.15) is 24.8 Å². The van der Waals surface area contributed by atoms with Crippen LogP contribution < -0.4 is 4.72 Å². The second kappa shape index (κ2) is 7.13. The number of hydrogen-bond acceptors (Lipinski definition) is 4. The average Bonchev–Trinajstić information content (AvgIpc) is 2.46. The first-order valence-corrected chi connectivity index (χ1v) is 9.44. The van der Waals surface area contributed by atoms with E-state index in [1.165, 1.54) is 24.6 Å². The monoisotopic (exact) mass is 335 g/mol. The number of rotatable bonds is 5. The van der Waals surface area contributed by atoms with Crippen molar-refractivity contribution in [1.29, 1.82) is 0 Å². The van der Waals surface area contributed by atoms with Gasteiger partial charge < -0.3 is 5.11 Å². The van der Waals surface area contributed by atoms with Crippen LogP contribution in [0.3, 0.4) is 0 Å². The van der Waals surface area contributed by atoms with Gasteiger partial charge in [-0.15, -0.1) is 0 Å². The summed E-state index contributed by atoms with van der Waals surface area (Å²) >= 11 is 7.69. The fraction of sp³-hybridized carbons (Fsp3) is 0.538. The van der Waals surface area contributed by atoms with E-state index < -0.39 is 10.0 Å². The summed E-state index contributed by atoms with van der Waals surface area (Å²) in [5, 5.41) is 9.86. The van der Waals surface area contributed by atoms with Crippen molar-refractivity contribution in [3.05, 3.63) is 28.8 Å². The van der Waals surface area contributed by atoms with Crippen LogP contribution in [-0.2, 0) is 16.6 Å². The Kier molecular flexibility index (Phi) is 5.74. The zero-order chi connectivity index (χ0) is 14.6. The predicted octanol–water partition coefficient (Wildman–Crippen LogP) is 2.40. The number of hydrogen-bond donors (Lipinski definition) is 2. The van der Waals surface area contributed by atoms with E-state index in [-0.39, 0.29) is 11.5 Å². The number of thioether (sulfide) groups is 1. The van der Waals surface area contributed by atoms with Crippen LogP contribution in [0, 0.1) is 0 Å². The van der Waals surface area contributed by atoms with Gasteiger partial charge >= 0.3 is 0 Å². The van der Waals surface area contributed by atoms with E-state index in [1.807, 2.05) is 11.8 Å². The zero-order valence-corrected chi connectivity index (χ0v) is 13.4. The molecule has 1 saturated heterocycles. The Hall–Kier alpha value is -0.270. The topological polar surface area (TPSA) is 66.4 Å². The number of benzene rings is 1. The molecule has 0 bridgehead atoms. The highest BCUT2D eigenvalue weighted by Gasteiger charge is 2.19. The Balaban J connectivity index is 2.05.